The largest absolute Gasteiger partial charge is 0.465 e. The molecule has 0 N–H and O–H groups in total. The van der Waals surface area contributed by atoms with Crippen LogP contribution in [-0.2, 0) is 9.47 Å². The summed E-state index contributed by atoms with van der Waals surface area (Å²) in [5.74, 6) is -0.327. The first-order chi connectivity index (χ1) is 10.2. The number of nitrogens with zero attached hydrogens (tertiary/aromatic N) is 2. The number of aromatic nitrogens is 1. The minimum atomic E-state index is -0.327. The minimum absolute atomic E-state index is 0.327. The Bertz CT molecular complexity index is 717. The van der Waals surface area contributed by atoms with Gasteiger partial charge in [-0.3, -0.25) is 4.98 Å². The lowest BCUT2D eigenvalue weighted by molar-refractivity contribution is -0.127. The Labute approximate surface area is 122 Å². The minimum Gasteiger partial charge on any atom is -0.465 e. The van der Waals surface area contributed by atoms with E-state index in [0.717, 1.165) is 42.9 Å². The van der Waals surface area contributed by atoms with Gasteiger partial charge >= 0.3 is 5.97 Å². The smallest absolute Gasteiger partial charge is 0.338 e. The summed E-state index contributed by atoms with van der Waals surface area (Å²) in [7, 11) is 1.40. The predicted octanol–water partition coefficient (Wildman–Crippen LogP) is 1.86. The number of hydrogen-bond acceptors (Lipinski definition) is 5. The van der Waals surface area contributed by atoms with Gasteiger partial charge in [-0.25, -0.2) is 4.79 Å². The number of ether oxygens (including phenoxy) is 2. The maximum atomic E-state index is 11.9. The van der Waals surface area contributed by atoms with Crippen LogP contribution in [0.3, 0.4) is 0 Å². The molecule has 1 aromatic heterocycles. The van der Waals surface area contributed by atoms with Crippen LogP contribution in [-0.4, -0.2) is 44.4 Å². The predicted molar refractivity (Wildman–Crippen MR) is 78.5 cm³/mol. The average molecular weight is 284 g/mol. The number of hydrogen-bond donors (Lipinski definition) is 0. The molecule has 5 nitrogen and oxygen atoms in total. The number of fused-ring (bicyclic) bond motifs is 1. The Balaban J connectivity index is 1.70. The van der Waals surface area contributed by atoms with Crippen molar-refractivity contribution in [3.8, 4) is 0 Å². The molecule has 108 valence electrons. The molecule has 2 saturated heterocycles. The summed E-state index contributed by atoms with van der Waals surface area (Å²) < 4.78 is 10.1. The molecule has 0 saturated carbocycles. The highest BCUT2D eigenvalue weighted by Crippen LogP contribution is 2.40. The fourth-order valence-corrected chi connectivity index (χ4v) is 3.14. The fourth-order valence-electron chi connectivity index (χ4n) is 3.14. The second-order valence-electron chi connectivity index (χ2n) is 5.90. The van der Waals surface area contributed by atoms with E-state index in [9.17, 15) is 4.79 Å². The highest BCUT2D eigenvalue weighted by Gasteiger charge is 2.49. The third-order valence-corrected chi connectivity index (χ3v) is 4.36. The van der Waals surface area contributed by atoms with Crippen LogP contribution in [0.5, 0.6) is 0 Å². The molecule has 0 unspecified atom stereocenters. The van der Waals surface area contributed by atoms with Crippen LogP contribution in [0.4, 0.5) is 5.69 Å². The van der Waals surface area contributed by atoms with Crippen molar-refractivity contribution < 1.29 is 14.3 Å². The zero-order valence-electron chi connectivity index (χ0n) is 11.8. The van der Waals surface area contributed by atoms with Crippen molar-refractivity contribution in [3.05, 3.63) is 36.0 Å². The van der Waals surface area contributed by atoms with Gasteiger partial charge in [-0.2, -0.15) is 0 Å². The summed E-state index contributed by atoms with van der Waals surface area (Å²) in [6, 6.07) is 7.75. The molecule has 1 spiro atoms. The van der Waals surface area contributed by atoms with E-state index in [1.807, 2.05) is 12.1 Å². The second-order valence-corrected chi connectivity index (χ2v) is 5.90. The maximum Gasteiger partial charge on any atom is 0.338 e. The van der Waals surface area contributed by atoms with Crippen molar-refractivity contribution >= 4 is 22.6 Å². The molecular formula is C16H16N2O3. The molecular weight excluding hydrogens is 268 g/mol. The number of methoxy groups -OCH3 is 1. The molecule has 21 heavy (non-hydrogen) atoms. The number of carbonyl (C=O) groups excluding carboxylic acids is 1. The lowest BCUT2D eigenvalue weighted by atomic mass is 9.77. The molecule has 3 heterocycles. The van der Waals surface area contributed by atoms with Crippen molar-refractivity contribution in [1.29, 1.82) is 0 Å². The Kier molecular flexibility index (Phi) is 2.65. The normalized spacial score (nSPS) is 19.2. The first kappa shape index (κ1) is 12.6. The van der Waals surface area contributed by atoms with Crippen molar-refractivity contribution in [2.24, 2.45) is 5.41 Å². The van der Waals surface area contributed by atoms with E-state index in [1.54, 1.807) is 12.3 Å². The van der Waals surface area contributed by atoms with Crippen LogP contribution in [0.2, 0.25) is 0 Å². The monoisotopic (exact) mass is 284 g/mol. The molecule has 2 aromatic rings. The van der Waals surface area contributed by atoms with Gasteiger partial charge in [0.25, 0.3) is 0 Å². The fraction of sp³-hybridized carbons (Fsp3) is 0.375. The average Bonchev–Trinajstić information content (AvgIpc) is 2.43. The summed E-state index contributed by atoms with van der Waals surface area (Å²) in [5, 5.41) is 0.840. The molecule has 0 radical (unpaired) electrons. The van der Waals surface area contributed by atoms with E-state index < -0.39 is 0 Å². The molecule has 0 aliphatic carbocycles. The van der Waals surface area contributed by atoms with E-state index in [0.29, 0.717) is 11.0 Å². The van der Waals surface area contributed by atoms with E-state index >= 15 is 0 Å². The molecule has 2 aliphatic rings. The SMILES string of the molecule is COC(=O)c1ccnc2ccc(N3CC4(COC4)C3)cc12. The zero-order chi connectivity index (χ0) is 14.4. The Hall–Kier alpha value is -2.14. The quantitative estimate of drug-likeness (QED) is 0.788. The Morgan fingerprint density at radius 3 is 2.81 bits per heavy atom. The van der Waals surface area contributed by atoms with Gasteiger partial charge in [0.2, 0.25) is 0 Å². The number of pyridine rings is 1. The van der Waals surface area contributed by atoms with Crippen LogP contribution in [0.1, 0.15) is 10.4 Å². The molecule has 5 heteroatoms. The summed E-state index contributed by atoms with van der Waals surface area (Å²) in [4.78, 5) is 18.5. The summed E-state index contributed by atoms with van der Waals surface area (Å²) >= 11 is 0. The van der Waals surface area contributed by atoms with E-state index in [2.05, 4.69) is 16.0 Å². The number of carbonyl (C=O) groups is 1. The Morgan fingerprint density at radius 1 is 1.33 bits per heavy atom. The van der Waals surface area contributed by atoms with Gasteiger partial charge in [0, 0.05) is 30.4 Å². The number of esters is 1. The van der Waals surface area contributed by atoms with Gasteiger partial charge in [-0.05, 0) is 24.3 Å². The molecule has 0 atom stereocenters. The number of anilines is 1. The van der Waals surface area contributed by atoms with Crippen LogP contribution in [0.15, 0.2) is 30.5 Å². The standard InChI is InChI=1S/C16H16N2O3/c1-20-15(19)12-4-5-17-14-3-2-11(6-13(12)14)18-7-16(8-18)9-21-10-16/h2-6H,7-10H2,1H3. The summed E-state index contributed by atoms with van der Waals surface area (Å²) in [6.45, 7) is 3.77. The molecule has 1 aromatic carbocycles. The highest BCUT2D eigenvalue weighted by molar-refractivity contribution is 6.04. The van der Waals surface area contributed by atoms with E-state index in [1.165, 1.54) is 7.11 Å². The topological polar surface area (TPSA) is 51.7 Å². The summed E-state index contributed by atoms with van der Waals surface area (Å²) in [6.07, 6.45) is 1.64. The van der Waals surface area contributed by atoms with Crippen LogP contribution < -0.4 is 4.90 Å². The van der Waals surface area contributed by atoms with Crippen LogP contribution >= 0.6 is 0 Å². The Morgan fingerprint density at radius 2 is 2.14 bits per heavy atom. The highest BCUT2D eigenvalue weighted by atomic mass is 16.5. The summed E-state index contributed by atoms with van der Waals surface area (Å²) in [5.41, 5.74) is 2.86. The zero-order valence-corrected chi connectivity index (χ0v) is 11.8. The van der Waals surface area contributed by atoms with Crippen LogP contribution in [0, 0.1) is 5.41 Å². The molecule has 0 amide bonds. The van der Waals surface area contributed by atoms with E-state index in [-0.39, 0.29) is 5.97 Å². The first-order valence-corrected chi connectivity index (χ1v) is 7.01. The van der Waals surface area contributed by atoms with Gasteiger partial charge in [-0.15, -0.1) is 0 Å². The first-order valence-electron chi connectivity index (χ1n) is 7.01. The van der Waals surface area contributed by atoms with Gasteiger partial charge in [0.1, 0.15) is 0 Å². The lowest BCUT2D eigenvalue weighted by Gasteiger charge is -2.56. The van der Waals surface area contributed by atoms with Crippen LogP contribution in [0.25, 0.3) is 10.9 Å². The van der Waals surface area contributed by atoms with Crippen molar-refractivity contribution in [2.75, 3.05) is 38.3 Å². The van der Waals surface area contributed by atoms with Crippen molar-refractivity contribution in [2.45, 2.75) is 0 Å². The number of rotatable bonds is 2. The number of benzene rings is 1. The van der Waals surface area contributed by atoms with Gasteiger partial charge in [-0.1, -0.05) is 0 Å². The van der Waals surface area contributed by atoms with Gasteiger partial charge in [0.15, 0.2) is 0 Å². The van der Waals surface area contributed by atoms with Crippen molar-refractivity contribution in [1.82, 2.24) is 4.98 Å². The maximum absolute atomic E-state index is 11.9. The van der Waals surface area contributed by atoms with Crippen molar-refractivity contribution in [3.63, 3.8) is 0 Å². The molecule has 0 bridgehead atoms. The third kappa shape index (κ3) is 1.88. The lowest BCUT2D eigenvalue weighted by Crippen LogP contribution is -2.66. The molecule has 4 rings (SSSR count). The van der Waals surface area contributed by atoms with Gasteiger partial charge in [0.05, 0.1) is 36.8 Å². The third-order valence-electron chi connectivity index (χ3n) is 4.36. The molecule has 2 fully saturated rings. The van der Waals surface area contributed by atoms with Gasteiger partial charge < -0.3 is 14.4 Å². The molecule has 2 aliphatic heterocycles. The van der Waals surface area contributed by atoms with E-state index in [4.69, 9.17) is 9.47 Å². The second kappa shape index (κ2) is 4.43.